The Labute approximate surface area is 293 Å². The Morgan fingerprint density at radius 3 is 2.39 bits per heavy atom. The second kappa shape index (κ2) is 14.2. The first-order chi connectivity index (χ1) is 24.0. The average molecular weight is 712 g/mol. The monoisotopic (exact) mass is 711 g/mol. The van der Waals surface area contributed by atoms with Crippen molar-refractivity contribution < 1.29 is 31.9 Å². The van der Waals surface area contributed by atoms with E-state index in [4.69, 9.17) is 10.1 Å². The fourth-order valence-corrected chi connectivity index (χ4v) is 6.18. The van der Waals surface area contributed by atoms with Crippen molar-refractivity contribution in [2.24, 2.45) is 15.5 Å². The van der Waals surface area contributed by atoms with Gasteiger partial charge in [0.15, 0.2) is 11.8 Å². The van der Waals surface area contributed by atoms with E-state index >= 15 is 0 Å². The van der Waals surface area contributed by atoms with Crippen molar-refractivity contribution in [3.05, 3.63) is 72.1 Å². The molecule has 51 heavy (non-hydrogen) atoms. The number of carbonyl (C=O) groups excluding carboxylic acids is 2. The highest BCUT2D eigenvalue weighted by atomic mass is 19.3. The molecule has 3 N–H and O–H groups in total. The molecule has 12 nitrogen and oxygen atoms in total. The maximum absolute atomic E-state index is 14.9. The summed E-state index contributed by atoms with van der Waals surface area (Å²) in [4.78, 5) is 32.6. The number of carbonyl (C=O) groups is 2. The molecule has 16 heteroatoms. The first-order valence-electron chi connectivity index (χ1n) is 16.2. The maximum Gasteiger partial charge on any atom is 0.407 e. The molecule has 3 aromatic rings. The third-order valence-electron chi connectivity index (χ3n) is 8.83. The predicted octanol–water partition coefficient (Wildman–Crippen LogP) is 6.68. The number of nitrogens with one attached hydrogen (secondary N) is 3. The minimum absolute atomic E-state index is 0.154. The molecule has 2 fully saturated rings. The van der Waals surface area contributed by atoms with Crippen LogP contribution in [-0.2, 0) is 15.1 Å². The zero-order valence-corrected chi connectivity index (χ0v) is 29.0. The molecule has 1 aromatic heterocycles. The van der Waals surface area contributed by atoms with Gasteiger partial charge in [-0.05, 0) is 60.4 Å². The van der Waals surface area contributed by atoms with E-state index in [0.717, 1.165) is 17.9 Å². The normalized spacial score (nSPS) is 19.3. The van der Waals surface area contributed by atoms with Crippen molar-refractivity contribution in [3.8, 4) is 11.1 Å². The lowest BCUT2D eigenvalue weighted by Crippen LogP contribution is -2.47. The van der Waals surface area contributed by atoms with Gasteiger partial charge in [0.1, 0.15) is 12.1 Å². The number of hydrazone groups is 1. The Kier molecular flexibility index (Phi) is 10.3. The van der Waals surface area contributed by atoms with Gasteiger partial charge >= 0.3 is 12.6 Å². The number of benzene rings is 2. The number of aliphatic imine (C=N–C) groups is 1. The molecule has 272 valence electrons. The lowest BCUT2D eigenvalue weighted by Gasteiger charge is -2.35. The molecule has 1 aliphatic carbocycles. The van der Waals surface area contributed by atoms with Gasteiger partial charge in [0.05, 0.1) is 17.9 Å². The molecule has 1 aliphatic heterocycles. The fraction of sp³-hybridized carbons (Fsp3) is 0.429. The van der Waals surface area contributed by atoms with Crippen molar-refractivity contribution in [3.63, 3.8) is 0 Å². The Balaban J connectivity index is 1.55. The number of alkyl carbamates (subject to hydrolysis) is 1. The van der Waals surface area contributed by atoms with Crippen LogP contribution < -0.4 is 15.6 Å². The summed E-state index contributed by atoms with van der Waals surface area (Å²) in [5, 5.41) is 23.4. The van der Waals surface area contributed by atoms with Crippen LogP contribution in [0.1, 0.15) is 70.7 Å². The largest absolute Gasteiger partial charge is 0.447 e. The number of amides is 2. The van der Waals surface area contributed by atoms with Crippen molar-refractivity contribution in [1.29, 1.82) is 5.41 Å². The Morgan fingerprint density at radius 1 is 1.16 bits per heavy atom. The van der Waals surface area contributed by atoms with Gasteiger partial charge in [-0.2, -0.15) is 19.0 Å². The van der Waals surface area contributed by atoms with E-state index in [0.29, 0.717) is 26.9 Å². The summed E-state index contributed by atoms with van der Waals surface area (Å²) in [6, 6.07) is 11.9. The maximum atomic E-state index is 14.9. The molecule has 1 saturated heterocycles. The van der Waals surface area contributed by atoms with Crippen molar-refractivity contribution in [2.75, 3.05) is 18.7 Å². The number of hydrogen-bond acceptors (Lipinski definition) is 7. The second-order valence-corrected chi connectivity index (χ2v) is 14.1. The van der Waals surface area contributed by atoms with Gasteiger partial charge in [0, 0.05) is 31.1 Å². The highest BCUT2D eigenvalue weighted by Gasteiger charge is 2.54. The third kappa shape index (κ3) is 7.89. The minimum atomic E-state index is -2.97. The zero-order chi connectivity index (χ0) is 37.3. The summed E-state index contributed by atoms with van der Waals surface area (Å²) >= 11 is 0. The Bertz CT molecular complexity index is 1820. The fourth-order valence-electron chi connectivity index (χ4n) is 6.18. The first-order valence-corrected chi connectivity index (χ1v) is 16.2. The summed E-state index contributed by atoms with van der Waals surface area (Å²) < 4.78 is 60.3. The lowest BCUT2D eigenvalue weighted by molar-refractivity contribution is -0.134. The molecule has 1 saturated carbocycles. The molecule has 2 amide bonds. The SMILES string of the molecule is C=NN(/C(=N\C)C(F)F)c1cccc([C@@H](COC(=O)NC2(C)CC2)N2C(=N)N[C@](CC(C)(C)C)(c3ccc(-c4cnn(C(F)F)c4)cc3)C2=O)c1. The van der Waals surface area contributed by atoms with Crippen LogP contribution in [0.3, 0.4) is 0 Å². The number of amidine groups is 1. The van der Waals surface area contributed by atoms with E-state index in [2.05, 4.69) is 32.5 Å². The van der Waals surface area contributed by atoms with Crippen LogP contribution in [0.4, 0.5) is 28.0 Å². The lowest BCUT2D eigenvalue weighted by atomic mass is 9.75. The first kappa shape index (κ1) is 37.0. The number of rotatable bonds is 12. The Hall–Kier alpha value is -5.28. The smallest absolute Gasteiger partial charge is 0.407 e. The molecule has 5 rings (SSSR count). The van der Waals surface area contributed by atoms with Crippen LogP contribution in [0, 0.1) is 10.8 Å². The van der Waals surface area contributed by atoms with Gasteiger partial charge < -0.3 is 15.4 Å². The summed E-state index contributed by atoms with van der Waals surface area (Å²) in [5.74, 6) is -1.45. The van der Waals surface area contributed by atoms with Gasteiger partial charge in [-0.1, -0.05) is 57.2 Å². The molecule has 0 radical (unpaired) electrons. The highest BCUT2D eigenvalue weighted by molar-refractivity contribution is 6.09. The van der Waals surface area contributed by atoms with E-state index in [9.17, 15) is 27.2 Å². The summed E-state index contributed by atoms with van der Waals surface area (Å²) in [7, 11) is 1.20. The molecule has 2 atom stereocenters. The van der Waals surface area contributed by atoms with E-state index in [1.165, 1.54) is 36.5 Å². The number of alkyl halides is 4. The number of guanidine groups is 1. The number of ether oxygens (including phenoxy) is 1. The molecule has 0 spiro atoms. The molecule has 0 bridgehead atoms. The topological polar surface area (TPSA) is 140 Å². The van der Waals surface area contributed by atoms with Crippen LogP contribution in [0.2, 0.25) is 0 Å². The van der Waals surface area contributed by atoms with E-state index in [-0.39, 0.29) is 24.7 Å². The minimum Gasteiger partial charge on any atom is -0.447 e. The van der Waals surface area contributed by atoms with Gasteiger partial charge in [0.25, 0.3) is 12.3 Å². The van der Waals surface area contributed by atoms with Crippen molar-refractivity contribution in [1.82, 2.24) is 25.3 Å². The number of halogens is 4. The molecular formula is C35H41F4N9O3. The Morgan fingerprint density at radius 2 is 1.84 bits per heavy atom. The predicted molar refractivity (Wildman–Crippen MR) is 185 cm³/mol. The molecule has 2 aliphatic rings. The molecule has 2 aromatic carbocycles. The summed E-state index contributed by atoms with van der Waals surface area (Å²) in [5.41, 5.74) is -0.251. The van der Waals surface area contributed by atoms with Crippen molar-refractivity contribution >= 4 is 36.2 Å². The van der Waals surface area contributed by atoms with Crippen LogP contribution >= 0.6 is 0 Å². The van der Waals surface area contributed by atoms with Crippen molar-refractivity contribution in [2.45, 2.75) is 77.1 Å². The van der Waals surface area contributed by atoms with Gasteiger partial charge in [-0.15, -0.1) is 0 Å². The third-order valence-corrected chi connectivity index (χ3v) is 8.83. The van der Waals surface area contributed by atoms with Gasteiger partial charge in [-0.3, -0.25) is 20.1 Å². The second-order valence-electron chi connectivity index (χ2n) is 14.1. The van der Waals surface area contributed by atoms with E-state index < -0.39 is 53.3 Å². The zero-order valence-electron chi connectivity index (χ0n) is 29.0. The average Bonchev–Trinajstić information content (AvgIpc) is 3.47. The molecule has 0 unspecified atom stereocenters. The van der Waals surface area contributed by atoms with E-state index in [1.807, 2.05) is 27.7 Å². The summed E-state index contributed by atoms with van der Waals surface area (Å²) in [6.07, 6.45) is 0.654. The molecule has 2 heterocycles. The highest BCUT2D eigenvalue weighted by Crippen LogP contribution is 2.43. The van der Waals surface area contributed by atoms with Gasteiger partial charge in [0.2, 0.25) is 0 Å². The quantitative estimate of drug-likeness (QED) is 0.0829. The van der Waals surface area contributed by atoms with Crippen LogP contribution in [0.15, 0.2) is 71.0 Å². The number of nitrogens with zero attached hydrogens (tertiary/aromatic N) is 6. The summed E-state index contributed by atoms with van der Waals surface area (Å²) in [6.45, 7) is 7.96. The van der Waals surface area contributed by atoms with Crippen LogP contribution in [0.25, 0.3) is 11.1 Å². The number of aromatic nitrogens is 2. The van der Waals surface area contributed by atoms with Crippen LogP contribution in [-0.4, -0.2) is 70.8 Å². The van der Waals surface area contributed by atoms with Gasteiger partial charge in [-0.25, -0.2) is 23.3 Å². The number of anilines is 1. The van der Waals surface area contributed by atoms with E-state index in [1.54, 1.807) is 36.4 Å². The number of hydrogen-bond donors (Lipinski definition) is 3. The van der Waals surface area contributed by atoms with Crippen LogP contribution in [0.5, 0.6) is 0 Å². The molecular weight excluding hydrogens is 670 g/mol. The standard InChI is InChI=1S/C35H41F4N9O3/c1-33(2,3)20-35(24-12-10-21(11-13-24)23-17-43-46(18-23)30(38)39)29(49)47(31(40)44-35)26(19-51-32(50)45-34(4)14-15-34)22-8-7-9-25(16-22)48(42-6)28(41-5)27(36)37/h7-13,16-18,26-27,30H,6,14-15,19-20H2,1-5H3,(H2,40,44)(H,45,50)/b41-28-/t26-,35-/m1/s1.